The average Bonchev–Trinajstić information content (AvgIpc) is 3.60. The molecule has 2 N–H and O–H groups in total. The summed E-state index contributed by atoms with van der Waals surface area (Å²) in [6, 6.07) is 27.4. The molecule has 0 spiro atoms. The number of imidazole rings is 1. The van der Waals surface area contributed by atoms with Gasteiger partial charge in [-0.05, 0) is 48.9 Å². The highest BCUT2D eigenvalue weighted by atomic mass is 32.1. The lowest BCUT2D eigenvalue weighted by Crippen LogP contribution is -2.29. The first-order valence-corrected chi connectivity index (χ1v) is 13.3. The fourth-order valence-electron chi connectivity index (χ4n) is 4.29. The maximum atomic E-state index is 12.8. The van der Waals surface area contributed by atoms with E-state index in [0.717, 1.165) is 38.9 Å². The summed E-state index contributed by atoms with van der Waals surface area (Å²) in [5.74, 6) is -0.330. The van der Waals surface area contributed by atoms with Gasteiger partial charge in [-0.25, -0.2) is 14.8 Å². The van der Waals surface area contributed by atoms with E-state index in [0.29, 0.717) is 16.2 Å². The Labute approximate surface area is 228 Å². The Morgan fingerprint density at radius 2 is 1.67 bits per heavy atom. The molecule has 39 heavy (non-hydrogen) atoms. The van der Waals surface area contributed by atoms with Crippen molar-refractivity contribution in [2.24, 2.45) is 0 Å². The van der Waals surface area contributed by atoms with Crippen molar-refractivity contribution in [1.29, 1.82) is 0 Å². The first-order valence-electron chi connectivity index (χ1n) is 12.5. The van der Waals surface area contributed by atoms with Crippen LogP contribution >= 0.6 is 11.3 Å². The van der Waals surface area contributed by atoms with Crippen LogP contribution in [0.4, 0.5) is 5.13 Å². The summed E-state index contributed by atoms with van der Waals surface area (Å²) in [7, 11) is 0. The van der Waals surface area contributed by atoms with Gasteiger partial charge in [0, 0.05) is 16.5 Å². The van der Waals surface area contributed by atoms with E-state index in [9.17, 15) is 9.59 Å². The average molecular weight is 533 g/mol. The van der Waals surface area contributed by atoms with Crippen molar-refractivity contribution in [3.63, 3.8) is 0 Å². The second-order valence-corrected chi connectivity index (χ2v) is 10.2. The van der Waals surface area contributed by atoms with Crippen LogP contribution in [0.3, 0.4) is 0 Å². The zero-order chi connectivity index (χ0) is 26.9. The number of nitrogens with zero attached hydrogens (tertiary/aromatic N) is 2. The minimum atomic E-state index is -1.01. The number of aromatic amines is 1. The Balaban J connectivity index is 1.11. The molecule has 0 saturated carbocycles. The maximum Gasteiger partial charge on any atom is 0.338 e. The molecule has 0 fully saturated rings. The Hall–Kier alpha value is -4.82. The molecule has 1 amide bonds. The van der Waals surface area contributed by atoms with Gasteiger partial charge in [0.05, 0.1) is 22.3 Å². The summed E-state index contributed by atoms with van der Waals surface area (Å²) in [4.78, 5) is 38.0. The van der Waals surface area contributed by atoms with E-state index < -0.39 is 18.0 Å². The van der Waals surface area contributed by atoms with E-state index in [4.69, 9.17) is 4.74 Å². The number of amides is 1. The SMILES string of the molecule is Cc1ccc(-c2nc3ccc(C(=O)OC(C)C(=O)Nc4nc(-c5ccc6ccccc6c5)cs4)cc3[nH]2)cc1. The number of ether oxygens (including phenoxy) is 1. The highest BCUT2D eigenvalue weighted by Gasteiger charge is 2.21. The van der Waals surface area contributed by atoms with Gasteiger partial charge in [0.25, 0.3) is 5.91 Å². The molecule has 0 radical (unpaired) electrons. The second kappa shape index (κ2) is 10.2. The van der Waals surface area contributed by atoms with Crippen LogP contribution < -0.4 is 5.32 Å². The summed E-state index contributed by atoms with van der Waals surface area (Å²) < 4.78 is 5.46. The van der Waals surface area contributed by atoms with Crippen molar-refractivity contribution in [1.82, 2.24) is 15.0 Å². The van der Waals surface area contributed by atoms with Crippen LogP contribution in [-0.2, 0) is 9.53 Å². The van der Waals surface area contributed by atoms with Gasteiger partial charge in [-0.2, -0.15) is 0 Å². The van der Waals surface area contributed by atoms with Crippen LogP contribution in [0.1, 0.15) is 22.8 Å². The van der Waals surface area contributed by atoms with Gasteiger partial charge in [0.2, 0.25) is 0 Å². The number of aromatic nitrogens is 3. The lowest BCUT2D eigenvalue weighted by atomic mass is 10.1. The second-order valence-electron chi connectivity index (χ2n) is 9.32. The molecule has 4 aromatic carbocycles. The molecule has 8 heteroatoms. The third-order valence-corrected chi connectivity index (χ3v) is 7.23. The van der Waals surface area contributed by atoms with Crippen molar-refractivity contribution in [3.8, 4) is 22.6 Å². The minimum absolute atomic E-state index is 0.328. The Bertz CT molecular complexity index is 1840. The molecule has 0 bridgehead atoms. The standard InChI is InChI=1S/C31H24N4O3S/c1-18-7-9-21(10-8-18)28-32-25-14-13-24(16-26(25)33-28)30(37)38-19(2)29(36)35-31-34-27(17-39-31)23-12-11-20-5-3-4-6-22(20)15-23/h3-17,19H,1-2H3,(H,32,33)(H,34,35,36). The number of carbonyl (C=O) groups is 2. The Kier molecular flexibility index (Phi) is 6.38. The lowest BCUT2D eigenvalue weighted by Gasteiger charge is -2.12. The predicted molar refractivity (Wildman–Crippen MR) is 155 cm³/mol. The van der Waals surface area contributed by atoms with E-state index in [-0.39, 0.29) is 0 Å². The number of nitrogens with one attached hydrogen (secondary N) is 2. The largest absolute Gasteiger partial charge is 0.449 e. The molecule has 6 rings (SSSR count). The third kappa shape index (κ3) is 5.15. The molecular formula is C31H24N4O3S. The fourth-order valence-corrected chi connectivity index (χ4v) is 5.01. The number of rotatable bonds is 6. The lowest BCUT2D eigenvalue weighted by molar-refractivity contribution is -0.123. The Morgan fingerprint density at radius 3 is 2.49 bits per heavy atom. The van der Waals surface area contributed by atoms with Crippen LogP contribution in [0.15, 0.2) is 90.3 Å². The van der Waals surface area contributed by atoms with Crippen molar-refractivity contribution < 1.29 is 14.3 Å². The third-order valence-electron chi connectivity index (χ3n) is 6.48. The van der Waals surface area contributed by atoms with Gasteiger partial charge in [0.15, 0.2) is 11.2 Å². The summed E-state index contributed by atoms with van der Waals surface area (Å²) >= 11 is 1.32. The Morgan fingerprint density at radius 1 is 0.897 bits per heavy atom. The molecule has 0 aliphatic rings. The normalized spacial score (nSPS) is 11.9. The van der Waals surface area contributed by atoms with Gasteiger partial charge in [-0.1, -0.05) is 66.2 Å². The van der Waals surface area contributed by atoms with Gasteiger partial charge < -0.3 is 9.72 Å². The molecule has 6 aromatic rings. The van der Waals surface area contributed by atoms with E-state index >= 15 is 0 Å². The number of aryl methyl sites for hydroxylation is 1. The van der Waals surface area contributed by atoms with Crippen molar-refractivity contribution in [2.75, 3.05) is 5.32 Å². The molecule has 2 aromatic heterocycles. The number of benzene rings is 4. The van der Waals surface area contributed by atoms with Crippen LogP contribution in [0.5, 0.6) is 0 Å². The van der Waals surface area contributed by atoms with Gasteiger partial charge in [-0.15, -0.1) is 11.3 Å². The van der Waals surface area contributed by atoms with Crippen LogP contribution in [0, 0.1) is 6.92 Å². The minimum Gasteiger partial charge on any atom is -0.449 e. The molecule has 0 aliphatic carbocycles. The van der Waals surface area contributed by atoms with E-state index in [1.54, 1.807) is 18.2 Å². The summed E-state index contributed by atoms with van der Waals surface area (Å²) in [6.07, 6.45) is -1.01. The van der Waals surface area contributed by atoms with E-state index in [2.05, 4.69) is 38.5 Å². The zero-order valence-electron chi connectivity index (χ0n) is 21.3. The fraction of sp³-hybridized carbons (Fsp3) is 0.0968. The number of esters is 1. The zero-order valence-corrected chi connectivity index (χ0v) is 22.1. The first-order chi connectivity index (χ1) is 18.9. The molecule has 7 nitrogen and oxygen atoms in total. The quantitative estimate of drug-likeness (QED) is 0.225. The molecule has 2 heterocycles. The number of carbonyl (C=O) groups excluding carboxylic acids is 2. The molecule has 1 unspecified atom stereocenters. The topological polar surface area (TPSA) is 97.0 Å². The summed E-state index contributed by atoms with van der Waals surface area (Å²) in [6.45, 7) is 3.57. The molecule has 192 valence electrons. The smallest absolute Gasteiger partial charge is 0.338 e. The number of hydrogen-bond acceptors (Lipinski definition) is 6. The maximum absolute atomic E-state index is 12.8. The predicted octanol–water partition coefficient (Wildman–Crippen LogP) is 7.00. The monoisotopic (exact) mass is 532 g/mol. The van der Waals surface area contributed by atoms with Crippen LogP contribution in [0.2, 0.25) is 0 Å². The highest BCUT2D eigenvalue weighted by molar-refractivity contribution is 7.14. The van der Waals surface area contributed by atoms with Gasteiger partial charge in [-0.3, -0.25) is 10.1 Å². The molecule has 0 saturated heterocycles. The van der Waals surface area contributed by atoms with Crippen LogP contribution in [0.25, 0.3) is 44.5 Å². The number of fused-ring (bicyclic) bond motifs is 2. The number of thiazole rings is 1. The molecule has 1 atom stereocenters. The summed E-state index contributed by atoms with van der Waals surface area (Å²) in [5, 5.41) is 7.36. The van der Waals surface area contributed by atoms with Crippen molar-refractivity contribution >= 4 is 50.2 Å². The highest BCUT2D eigenvalue weighted by Crippen LogP contribution is 2.28. The number of anilines is 1. The van der Waals surface area contributed by atoms with E-state index in [1.165, 1.54) is 23.8 Å². The van der Waals surface area contributed by atoms with Crippen LogP contribution in [-0.4, -0.2) is 32.9 Å². The number of H-pyrrole nitrogens is 1. The van der Waals surface area contributed by atoms with E-state index in [1.807, 2.05) is 60.8 Å². The van der Waals surface area contributed by atoms with Crippen molar-refractivity contribution in [2.45, 2.75) is 20.0 Å². The first kappa shape index (κ1) is 24.5. The van der Waals surface area contributed by atoms with Crippen molar-refractivity contribution in [3.05, 3.63) is 101 Å². The van der Waals surface area contributed by atoms with Gasteiger partial charge >= 0.3 is 5.97 Å². The number of hydrogen-bond donors (Lipinski definition) is 2. The summed E-state index contributed by atoms with van der Waals surface area (Å²) in [5.41, 5.74) is 5.62. The molecule has 0 aliphatic heterocycles. The molecular weight excluding hydrogens is 508 g/mol. The van der Waals surface area contributed by atoms with Gasteiger partial charge in [0.1, 0.15) is 5.82 Å².